The van der Waals surface area contributed by atoms with Gasteiger partial charge in [-0.25, -0.2) is 0 Å². The number of carbonyl (C=O) groups excluding carboxylic acids is 2. The molecule has 0 spiro atoms. The monoisotopic (exact) mass is 511 g/mol. The van der Waals surface area contributed by atoms with Gasteiger partial charge in [-0.15, -0.1) is 10.2 Å². The molecular weight excluding hydrogens is 493 g/mol. The van der Waals surface area contributed by atoms with E-state index < -0.39 is 0 Å². The highest BCUT2D eigenvalue weighted by Gasteiger charge is 2.19. The molecule has 0 saturated carbocycles. The van der Waals surface area contributed by atoms with Crippen LogP contribution in [0.25, 0.3) is 0 Å². The van der Waals surface area contributed by atoms with Gasteiger partial charge in [0, 0.05) is 12.6 Å². The van der Waals surface area contributed by atoms with Crippen molar-refractivity contribution in [1.29, 1.82) is 0 Å². The molecular formula is C21H20Cl3N5O2S. The lowest BCUT2D eigenvalue weighted by Gasteiger charge is -2.14. The molecule has 0 saturated heterocycles. The SMILES string of the molecule is Cc1ccc(C(=O)N[C@@H](C)c2nnc(SCC(=O)Nc3cc(Cl)c(Cl)cc3Cl)n2C)cc1. The highest BCUT2D eigenvalue weighted by Crippen LogP contribution is 2.32. The Hall–Kier alpha value is -2.26. The average molecular weight is 513 g/mol. The average Bonchev–Trinajstić information content (AvgIpc) is 3.11. The van der Waals surface area contributed by atoms with Gasteiger partial charge in [0.05, 0.1) is 32.5 Å². The van der Waals surface area contributed by atoms with E-state index in [1.54, 1.807) is 23.7 Å². The molecule has 2 amide bonds. The fourth-order valence-electron chi connectivity index (χ4n) is 2.81. The van der Waals surface area contributed by atoms with Crippen molar-refractivity contribution in [1.82, 2.24) is 20.1 Å². The van der Waals surface area contributed by atoms with E-state index in [4.69, 9.17) is 34.8 Å². The Labute approximate surface area is 204 Å². The van der Waals surface area contributed by atoms with Crippen LogP contribution >= 0.6 is 46.6 Å². The number of thioether (sulfide) groups is 1. The van der Waals surface area contributed by atoms with Gasteiger partial charge in [-0.1, -0.05) is 64.3 Å². The van der Waals surface area contributed by atoms with Crippen molar-refractivity contribution in [3.8, 4) is 0 Å². The summed E-state index contributed by atoms with van der Waals surface area (Å²) in [6.07, 6.45) is 0. The first-order valence-electron chi connectivity index (χ1n) is 9.49. The first-order chi connectivity index (χ1) is 15.2. The van der Waals surface area contributed by atoms with E-state index in [0.717, 1.165) is 5.56 Å². The number of aryl methyl sites for hydroxylation is 1. The third-order valence-electron chi connectivity index (χ3n) is 4.53. The normalized spacial score (nSPS) is 11.8. The highest BCUT2D eigenvalue weighted by molar-refractivity contribution is 7.99. The van der Waals surface area contributed by atoms with Crippen LogP contribution in [0.3, 0.4) is 0 Å². The molecule has 0 bridgehead atoms. The van der Waals surface area contributed by atoms with E-state index >= 15 is 0 Å². The molecule has 7 nitrogen and oxygen atoms in total. The zero-order valence-electron chi connectivity index (χ0n) is 17.4. The van der Waals surface area contributed by atoms with Crippen molar-refractivity contribution in [2.45, 2.75) is 25.0 Å². The fraction of sp³-hybridized carbons (Fsp3) is 0.238. The quantitative estimate of drug-likeness (QED) is 0.331. The second-order valence-electron chi connectivity index (χ2n) is 7.04. The molecule has 0 aliphatic heterocycles. The number of anilines is 1. The van der Waals surface area contributed by atoms with Gasteiger partial charge in [0.25, 0.3) is 5.91 Å². The van der Waals surface area contributed by atoms with E-state index in [1.807, 2.05) is 26.0 Å². The number of carbonyl (C=O) groups is 2. The summed E-state index contributed by atoms with van der Waals surface area (Å²) in [5, 5.41) is 15.3. The van der Waals surface area contributed by atoms with Gasteiger partial charge < -0.3 is 15.2 Å². The van der Waals surface area contributed by atoms with Gasteiger partial charge in [0.15, 0.2) is 11.0 Å². The Morgan fingerprint density at radius 1 is 1.06 bits per heavy atom. The summed E-state index contributed by atoms with van der Waals surface area (Å²) in [4.78, 5) is 24.8. The summed E-state index contributed by atoms with van der Waals surface area (Å²) in [6.45, 7) is 3.78. The van der Waals surface area contributed by atoms with E-state index in [1.165, 1.54) is 23.9 Å². The summed E-state index contributed by atoms with van der Waals surface area (Å²) in [5.74, 6) is 0.154. The molecule has 0 fully saturated rings. The molecule has 2 N–H and O–H groups in total. The molecule has 2 aromatic carbocycles. The Kier molecular flexibility index (Phi) is 8.05. The predicted molar refractivity (Wildman–Crippen MR) is 129 cm³/mol. The Morgan fingerprint density at radius 3 is 2.41 bits per heavy atom. The number of nitrogens with zero attached hydrogens (tertiary/aromatic N) is 3. The van der Waals surface area contributed by atoms with Gasteiger partial charge in [0.2, 0.25) is 5.91 Å². The third kappa shape index (κ3) is 5.95. The molecule has 3 aromatic rings. The van der Waals surface area contributed by atoms with Crippen molar-refractivity contribution >= 4 is 64.1 Å². The van der Waals surface area contributed by atoms with Crippen LogP contribution < -0.4 is 10.6 Å². The van der Waals surface area contributed by atoms with Crippen molar-refractivity contribution in [3.05, 3.63) is 68.4 Å². The van der Waals surface area contributed by atoms with Crippen molar-refractivity contribution in [3.63, 3.8) is 0 Å². The number of halogens is 3. The molecule has 11 heteroatoms. The number of rotatable bonds is 7. The van der Waals surface area contributed by atoms with E-state index in [0.29, 0.717) is 32.3 Å². The zero-order valence-corrected chi connectivity index (χ0v) is 20.5. The first kappa shape index (κ1) is 24.4. The summed E-state index contributed by atoms with van der Waals surface area (Å²) < 4.78 is 1.74. The minimum absolute atomic E-state index is 0.0760. The van der Waals surface area contributed by atoms with Crippen molar-refractivity contribution in [2.24, 2.45) is 7.05 Å². The van der Waals surface area contributed by atoms with Gasteiger partial charge >= 0.3 is 0 Å². The maximum absolute atomic E-state index is 12.5. The number of hydrogen-bond acceptors (Lipinski definition) is 5. The minimum Gasteiger partial charge on any atom is -0.342 e. The maximum Gasteiger partial charge on any atom is 0.251 e. The van der Waals surface area contributed by atoms with E-state index in [-0.39, 0.29) is 28.6 Å². The number of aromatic nitrogens is 3. The molecule has 0 unspecified atom stereocenters. The predicted octanol–water partition coefficient (Wildman–Crippen LogP) is 5.31. The number of benzene rings is 2. The number of hydrogen-bond donors (Lipinski definition) is 2. The first-order valence-corrected chi connectivity index (χ1v) is 11.6. The molecule has 168 valence electrons. The molecule has 0 aliphatic carbocycles. The molecule has 0 radical (unpaired) electrons. The lowest BCUT2D eigenvalue weighted by molar-refractivity contribution is -0.113. The number of amides is 2. The van der Waals surface area contributed by atoms with Crippen LogP contribution in [0.4, 0.5) is 5.69 Å². The van der Waals surface area contributed by atoms with Crippen molar-refractivity contribution in [2.75, 3.05) is 11.1 Å². The molecule has 3 rings (SSSR count). The van der Waals surface area contributed by atoms with Crippen molar-refractivity contribution < 1.29 is 9.59 Å². The topological polar surface area (TPSA) is 88.9 Å². The Morgan fingerprint density at radius 2 is 1.72 bits per heavy atom. The second kappa shape index (κ2) is 10.6. The summed E-state index contributed by atoms with van der Waals surface area (Å²) in [6, 6.07) is 9.89. The van der Waals surface area contributed by atoms with Crippen LogP contribution in [0, 0.1) is 6.92 Å². The molecule has 1 heterocycles. The summed E-state index contributed by atoms with van der Waals surface area (Å²) in [7, 11) is 1.78. The molecule has 0 aliphatic rings. The maximum atomic E-state index is 12.5. The van der Waals surface area contributed by atoms with Gasteiger partial charge in [0.1, 0.15) is 0 Å². The molecule has 1 aromatic heterocycles. The minimum atomic E-state index is -0.375. The van der Waals surface area contributed by atoms with Gasteiger partial charge in [-0.2, -0.15) is 0 Å². The summed E-state index contributed by atoms with van der Waals surface area (Å²) >= 11 is 19.2. The largest absolute Gasteiger partial charge is 0.342 e. The standard InChI is InChI=1S/C21H20Cl3N5O2S/c1-11-4-6-13(7-5-11)20(31)25-12(2)19-27-28-21(29(19)3)32-10-18(30)26-17-9-15(23)14(22)8-16(17)24/h4-9,12H,10H2,1-3H3,(H,25,31)(H,26,30)/t12-/m0/s1. The van der Waals surface area contributed by atoms with E-state index in [2.05, 4.69) is 20.8 Å². The summed E-state index contributed by atoms with van der Waals surface area (Å²) in [5.41, 5.74) is 2.02. The molecule has 32 heavy (non-hydrogen) atoms. The third-order valence-corrected chi connectivity index (χ3v) is 6.59. The van der Waals surface area contributed by atoms with Gasteiger partial charge in [-0.05, 0) is 38.1 Å². The smallest absolute Gasteiger partial charge is 0.251 e. The van der Waals surface area contributed by atoms with Crippen LogP contribution in [0.5, 0.6) is 0 Å². The van der Waals surface area contributed by atoms with Crippen LogP contribution in [-0.2, 0) is 11.8 Å². The lowest BCUT2D eigenvalue weighted by Crippen LogP contribution is -2.28. The fourth-order valence-corrected chi connectivity index (χ4v) is 4.13. The number of nitrogens with one attached hydrogen (secondary N) is 2. The van der Waals surface area contributed by atoms with Gasteiger partial charge in [-0.3, -0.25) is 9.59 Å². The highest BCUT2D eigenvalue weighted by atomic mass is 35.5. The van der Waals surface area contributed by atoms with E-state index in [9.17, 15) is 9.59 Å². The Bertz CT molecular complexity index is 1150. The van der Waals surface area contributed by atoms with Crippen LogP contribution in [0.15, 0.2) is 41.6 Å². The second-order valence-corrected chi connectivity index (χ2v) is 9.21. The Balaban J connectivity index is 1.59. The van der Waals surface area contributed by atoms with Crippen LogP contribution in [0.2, 0.25) is 15.1 Å². The lowest BCUT2D eigenvalue weighted by atomic mass is 10.1. The van der Waals surface area contributed by atoms with Crippen LogP contribution in [0.1, 0.15) is 34.7 Å². The van der Waals surface area contributed by atoms with Crippen LogP contribution in [-0.4, -0.2) is 32.3 Å². The zero-order chi connectivity index (χ0) is 23.4. The molecule has 1 atom stereocenters.